The summed E-state index contributed by atoms with van der Waals surface area (Å²) in [4.78, 5) is 6.14. The highest BCUT2D eigenvalue weighted by Crippen LogP contribution is 2.45. The minimum atomic E-state index is 0.464. The van der Waals surface area contributed by atoms with Gasteiger partial charge in [-0.05, 0) is 38.2 Å². The van der Waals surface area contributed by atoms with Crippen molar-refractivity contribution in [3.05, 3.63) is 57.6 Å². The largest absolute Gasteiger partial charge is 0.260 e. The minimum Gasteiger partial charge on any atom is -0.260 e. The molecule has 2 atom stereocenters. The van der Waals surface area contributed by atoms with Crippen LogP contribution in [0, 0.1) is 19.8 Å². The van der Waals surface area contributed by atoms with Crippen LogP contribution >= 0.6 is 11.8 Å². The normalized spacial score (nSPS) is 25.6. The zero-order chi connectivity index (χ0) is 13.6. The van der Waals surface area contributed by atoms with Gasteiger partial charge in [-0.3, -0.25) is 4.99 Å². The van der Waals surface area contributed by atoms with E-state index in [9.17, 15) is 0 Å². The Labute approximate surface area is 119 Å². The topological polar surface area (TPSA) is 12.4 Å². The van der Waals surface area contributed by atoms with Crippen molar-refractivity contribution in [2.24, 2.45) is 10.9 Å². The third-order valence-corrected chi connectivity index (χ3v) is 5.43. The van der Waals surface area contributed by atoms with E-state index in [1.807, 2.05) is 18.0 Å². The number of nitrogens with zero attached hydrogens (tertiary/aromatic N) is 1. The molecule has 0 bridgehead atoms. The predicted octanol–water partition coefficient (Wildman–Crippen LogP) is 4.65. The maximum absolute atomic E-state index is 4.68. The average molecular weight is 269 g/mol. The van der Waals surface area contributed by atoms with Crippen LogP contribution in [0.5, 0.6) is 0 Å². The first-order valence-corrected chi connectivity index (χ1v) is 7.61. The summed E-state index contributed by atoms with van der Waals surface area (Å²) in [6.45, 7) is 8.79. The molecular formula is C17H19NS. The molecule has 0 amide bonds. The molecule has 0 aromatic heterocycles. The van der Waals surface area contributed by atoms with E-state index < -0.39 is 0 Å². The van der Waals surface area contributed by atoms with Crippen LogP contribution in [0.15, 0.2) is 45.9 Å². The van der Waals surface area contributed by atoms with Crippen LogP contribution in [-0.2, 0) is 0 Å². The van der Waals surface area contributed by atoms with Gasteiger partial charge in [0, 0.05) is 12.1 Å². The van der Waals surface area contributed by atoms with Gasteiger partial charge in [0.2, 0.25) is 0 Å². The van der Waals surface area contributed by atoms with Crippen LogP contribution < -0.4 is 0 Å². The van der Waals surface area contributed by atoms with E-state index in [4.69, 9.17) is 0 Å². The molecule has 2 heteroatoms. The van der Waals surface area contributed by atoms with Crippen molar-refractivity contribution >= 4 is 17.5 Å². The minimum absolute atomic E-state index is 0.464. The van der Waals surface area contributed by atoms with Crippen LogP contribution in [0.2, 0.25) is 0 Å². The molecule has 1 aromatic carbocycles. The molecule has 1 aromatic rings. The van der Waals surface area contributed by atoms with Crippen molar-refractivity contribution in [3.8, 4) is 0 Å². The summed E-state index contributed by atoms with van der Waals surface area (Å²) >= 11 is 1.97. The smallest absolute Gasteiger partial charge is 0.0620 e. The number of hydrogen-bond acceptors (Lipinski definition) is 2. The van der Waals surface area contributed by atoms with E-state index >= 15 is 0 Å². The van der Waals surface area contributed by atoms with Crippen molar-refractivity contribution in [1.82, 2.24) is 0 Å². The highest BCUT2D eigenvalue weighted by molar-refractivity contribution is 8.04. The molecule has 2 unspecified atom stereocenters. The summed E-state index contributed by atoms with van der Waals surface area (Å²) in [5.74, 6) is 0.526. The predicted molar refractivity (Wildman–Crippen MR) is 84.8 cm³/mol. The Bertz CT molecular complexity index is 602. The van der Waals surface area contributed by atoms with Crippen molar-refractivity contribution in [3.63, 3.8) is 0 Å². The lowest BCUT2D eigenvalue weighted by atomic mass is 9.89. The number of hydrogen-bond donors (Lipinski definition) is 0. The molecule has 0 spiro atoms. The molecule has 0 radical (unpaired) electrons. The number of allylic oxidation sites excluding steroid dienone is 3. The summed E-state index contributed by atoms with van der Waals surface area (Å²) in [5.41, 5.74) is 6.65. The quantitative estimate of drug-likeness (QED) is 0.723. The first-order chi connectivity index (χ1) is 9.06. The molecule has 0 saturated heterocycles. The van der Waals surface area contributed by atoms with Crippen molar-refractivity contribution < 1.29 is 0 Å². The molecule has 98 valence electrons. The van der Waals surface area contributed by atoms with Crippen LogP contribution in [0.25, 0.3) is 0 Å². The number of benzene rings is 1. The number of aliphatic imine (C=N–C) groups is 1. The Morgan fingerprint density at radius 3 is 2.37 bits per heavy atom. The van der Waals surface area contributed by atoms with Crippen molar-refractivity contribution in [2.45, 2.75) is 32.9 Å². The van der Waals surface area contributed by atoms with Gasteiger partial charge in [0.1, 0.15) is 0 Å². The van der Waals surface area contributed by atoms with Gasteiger partial charge in [-0.2, -0.15) is 0 Å². The standard InChI is InChI=1S/C17H19NS/c1-10-7-11(2)9-14(8-10)16-17-15(5-6-18-16)12(3)13(4)19-17/h5-9,15,17H,1-4H3. The molecule has 0 N–H and O–H groups in total. The van der Waals surface area contributed by atoms with E-state index in [1.54, 1.807) is 0 Å². The van der Waals surface area contributed by atoms with Gasteiger partial charge < -0.3 is 0 Å². The Balaban J connectivity index is 2.03. The monoisotopic (exact) mass is 269 g/mol. The Kier molecular flexibility index (Phi) is 3.14. The van der Waals surface area contributed by atoms with Gasteiger partial charge >= 0.3 is 0 Å². The second kappa shape index (κ2) is 4.68. The van der Waals surface area contributed by atoms with Crippen LogP contribution in [0.4, 0.5) is 0 Å². The molecule has 2 heterocycles. The van der Waals surface area contributed by atoms with Crippen LogP contribution in [-0.4, -0.2) is 11.0 Å². The lowest BCUT2D eigenvalue weighted by molar-refractivity contribution is 0.814. The number of rotatable bonds is 1. The Morgan fingerprint density at radius 2 is 1.68 bits per heavy atom. The molecule has 2 aliphatic rings. The van der Waals surface area contributed by atoms with Gasteiger partial charge in [0.05, 0.1) is 11.0 Å². The average Bonchev–Trinajstić information content (AvgIpc) is 2.64. The lowest BCUT2D eigenvalue weighted by Gasteiger charge is -2.23. The molecule has 0 saturated carbocycles. The number of aryl methyl sites for hydroxylation is 2. The van der Waals surface area contributed by atoms with Crippen molar-refractivity contribution in [1.29, 1.82) is 0 Å². The molecule has 19 heavy (non-hydrogen) atoms. The van der Waals surface area contributed by atoms with Gasteiger partial charge in [-0.15, -0.1) is 11.8 Å². The molecule has 3 rings (SSSR count). The molecule has 2 aliphatic heterocycles. The number of fused-ring (bicyclic) bond motifs is 1. The van der Waals surface area contributed by atoms with Crippen LogP contribution in [0.1, 0.15) is 30.5 Å². The van der Waals surface area contributed by atoms with E-state index in [0.29, 0.717) is 11.2 Å². The summed E-state index contributed by atoms with van der Waals surface area (Å²) in [6.07, 6.45) is 4.23. The van der Waals surface area contributed by atoms with Crippen LogP contribution in [0.3, 0.4) is 0 Å². The zero-order valence-electron chi connectivity index (χ0n) is 11.9. The van der Waals surface area contributed by atoms with E-state index in [0.717, 1.165) is 0 Å². The molecular weight excluding hydrogens is 250 g/mol. The van der Waals surface area contributed by atoms with E-state index in [1.165, 1.54) is 32.9 Å². The second-order valence-electron chi connectivity index (χ2n) is 5.54. The maximum atomic E-state index is 4.68. The van der Waals surface area contributed by atoms with Gasteiger partial charge in [0.15, 0.2) is 0 Å². The first-order valence-electron chi connectivity index (χ1n) is 6.73. The van der Waals surface area contributed by atoms with E-state index in [-0.39, 0.29) is 0 Å². The SMILES string of the molecule is CC1=C(C)C2C=CN=C(c3cc(C)cc(C)c3)C2S1. The second-order valence-corrected chi connectivity index (χ2v) is 6.89. The summed E-state index contributed by atoms with van der Waals surface area (Å²) in [5, 5.41) is 0.464. The summed E-state index contributed by atoms with van der Waals surface area (Å²) in [6, 6.07) is 6.73. The molecule has 1 nitrogen and oxygen atoms in total. The maximum Gasteiger partial charge on any atom is 0.0620 e. The van der Waals surface area contributed by atoms with Gasteiger partial charge in [0.25, 0.3) is 0 Å². The molecule has 0 fully saturated rings. The highest BCUT2D eigenvalue weighted by atomic mass is 32.2. The van der Waals surface area contributed by atoms with Crippen molar-refractivity contribution in [2.75, 3.05) is 0 Å². The fourth-order valence-electron chi connectivity index (χ4n) is 2.94. The first kappa shape index (κ1) is 12.7. The fraction of sp³-hybridized carbons (Fsp3) is 0.353. The highest BCUT2D eigenvalue weighted by Gasteiger charge is 2.35. The lowest BCUT2D eigenvalue weighted by Crippen LogP contribution is -2.26. The third kappa shape index (κ3) is 2.18. The fourth-order valence-corrected chi connectivity index (χ4v) is 4.39. The van der Waals surface area contributed by atoms with E-state index in [2.05, 4.69) is 57.0 Å². The molecule has 0 aliphatic carbocycles. The van der Waals surface area contributed by atoms with Gasteiger partial charge in [-0.25, -0.2) is 0 Å². The van der Waals surface area contributed by atoms with Gasteiger partial charge in [-0.1, -0.05) is 41.0 Å². The zero-order valence-corrected chi connectivity index (χ0v) is 12.7. The summed E-state index contributed by atoms with van der Waals surface area (Å²) in [7, 11) is 0. The number of thioether (sulfide) groups is 1. The Hall–Kier alpha value is -1.28. The third-order valence-electron chi connectivity index (χ3n) is 3.98. The summed E-state index contributed by atoms with van der Waals surface area (Å²) < 4.78 is 0. The Morgan fingerprint density at radius 1 is 1.00 bits per heavy atom.